The fourth-order valence-electron chi connectivity index (χ4n) is 1.75. The van der Waals surface area contributed by atoms with E-state index in [1.807, 2.05) is 6.92 Å². The van der Waals surface area contributed by atoms with Crippen LogP contribution in [0.5, 0.6) is 5.75 Å². The van der Waals surface area contributed by atoms with Crippen molar-refractivity contribution in [2.24, 2.45) is 0 Å². The van der Waals surface area contributed by atoms with Gasteiger partial charge in [-0.05, 0) is 32.2 Å². The average Bonchev–Trinajstić information content (AvgIpc) is 2.46. The largest absolute Gasteiger partial charge is 0.492 e. The first-order valence-corrected chi connectivity index (χ1v) is 6.92. The highest BCUT2D eigenvalue weighted by atomic mass is 16.5. The second kappa shape index (κ2) is 8.26. The molecule has 0 aliphatic carbocycles. The summed E-state index contributed by atoms with van der Waals surface area (Å²) in [5.41, 5.74) is 1.03. The molecular weight excluding hydrogens is 270 g/mol. The molecular formula is C15H23N3O3. The molecule has 1 aromatic carbocycles. The Kier molecular flexibility index (Phi) is 6.68. The molecule has 1 rings (SSSR count). The lowest BCUT2D eigenvalue weighted by Gasteiger charge is -2.15. The number of nitrogens with one attached hydrogen (secondary N) is 2. The normalized spacial score (nSPS) is 10.1. The number of amides is 2. The molecule has 21 heavy (non-hydrogen) atoms. The van der Waals surface area contributed by atoms with E-state index in [1.165, 1.54) is 4.90 Å². The lowest BCUT2D eigenvalue weighted by molar-refractivity contribution is -0.116. The van der Waals surface area contributed by atoms with Gasteiger partial charge in [0, 0.05) is 32.6 Å². The molecule has 0 fully saturated rings. The molecule has 1 aromatic rings. The maximum atomic E-state index is 12.0. The van der Waals surface area contributed by atoms with Gasteiger partial charge in [-0.15, -0.1) is 0 Å². The van der Waals surface area contributed by atoms with Crippen molar-refractivity contribution in [2.45, 2.75) is 13.3 Å². The molecule has 2 N–H and O–H groups in total. The topological polar surface area (TPSA) is 70.7 Å². The molecule has 0 atom stereocenters. The fourth-order valence-corrected chi connectivity index (χ4v) is 1.75. The summed E-state index contributed by atoms with van der Waals surface area (Å²) >= 11 is 0. The predicted octanol–water partition coefficient (Wildman–Crippen LogP) is 1.34. The van der Waals surface area contributed by atoms with Crippen molar-refractivity contribution in [3.8, 4) is 5.75 Å². The number of anilines is 1. The quantitative estimate of drug-likeness (QED) is 0.796. The number of benzene rings is 1. The van der Waals surface area contributed by atoms with E-state index in [4.69, 9.17) is 4.74 Å². The first-order chi connectivity index (χ1) is 9.99. The highest BCUT2D eigenvalue weighted by molar-refractivity contribution is 5.98. The van der Waals surface area contributed by atoms with E-state index in [2.05, 4.69) is 10.6 Å². The van der Waals surface area contributed by atoms with Crippen LogP contribution in [0.3, 0.4) is 0 Å². The second-order valence-corrected chi connectivity index (χ2v) is 4.75. The molecule has 0 unspecified atom stereocenters. The van der Waals surface area contributed by atoms with Gasteiger partial charge in [0.15, 0.2) is 0 Å². The molecule has 2 amide bonds. The van der Waals surface area contributed by atoms with Crippen LogP contribution in [0.1, 0.15) is 23.7 Å². The Labute approximate surface area is 125 Å². The zero-order chi connectivity index (χ0) is 15.8. The third-order valence-corrected chi connectivity index (χ3v) is 2.81. The lowest BCUT2D eigenvalue weighted by Crippen LogP contribution is -2.22. The van der Waals surface area contributed by atoms with Crippen molar-refractivity contribution in [1.82, 2.24) is 10.2 Å². The van der Waals surface area contributed by atoms with Gasteiger partial charge in [0.25, 0.3) is 5.91 Å². The third kappa shape index (κ3) is 5.07. The van der Waals surface area contributed by atoms with Gasteiger partial charge in [0.1, 0.15) is 5.75 Å². The van der Waals surface area contributed by atoms with E-state index < -0.39 is 0 Å². The Balaban J connectivity index is 2.98. The summed E-state index contributed by atoms with van der Waals surface area (Å²) < 4.78 is 5.48. The number of carbonyl (C=O) groups excluding carboxylic acids is 2. The zero-order valence-corrected chi connectivity index (χ0v) is 13.0. The maximum Gasteiger partial charge on any atom is 0.253 e. The van der Waals surface area contributed by atoms with Crippen molar-refractivity contribution < 1.29 is 14.3 Å². The molecule has 0 saturated carbocycles. The van der Waals surface area contributed by atoms with Crippen molar-refractivity contribution >= 4 is 17.5 Å². The van der Waals surface area contributed by atoms with Crippen LogP contribution in [-0.4, -0.2) is 51.0 Å². The minimum Gasteiger partial charge on any atom is -0.492 e. The Morgan fingerprint density at radius 3 is 2.57 bits per heavy atom. The first kappa shape index (κ1) is 17.0. The summed E-state index contributed by atoms with van der Waals surface area (Å²) in [6.07, 6.45) is 0.355. The van der Waals surface area contributed by atoms with Gasteiger partial charge in [-0.2, -0.15) is 0 Å². The van der Waals surface area contributed by atoms with Crippen molar-refractivity contribution in [3.05, 3.63) is 23.8 Å². The van der Waals surface area contributed by atoms with Crippen LogP contribution in [0.2, 0.25) is 0 Å². The van der Waals surface area contributed by atoms with E-state index >= 15 is 0 Å². The van der Waals surface area contributed by atoms with Gasteiger partial charge in [-0.3, -0.25) is 9.59 Å². The SMILES string of the molecule is CCOc1ccc(C(=O)N(C)C)cc1NC(=O)CCNC. The van der Waals surface area contributed by atoms with Gasteiger partial charge >= 0.3 is 0 Å². The summed E-state index contributed by atoms with van der Waals surface area (Å²) in [6.45, 7) is 2.94. The standard InChI is InChI=1S/C15H23N3O3/c1-5-21-13-7-6-11(15(20)18(3)4)10-12(13)17-14(19)8-9-16-2/h6-7,10,16H,5,8-9H2,1-4H3,(H,17,19). The van der Waals surface area contributed by atoms with E-state index in [0.717, 1.165) is 0 Å². The number of hydrogen-bond donors (Lipinski definition) is 2. The minimum absolute atomic E-state index is 0.122. The average molecular weight is 293 g/mol. The summed E-state index contributed by atoms with van der Waals surface area (Å²) in [4.78, 5) is 25.3. The number of rotatable bonds is 7. The Hall–Kier alpha value is -2.08. The molecule has 6 heteroatoms. The summed E-state index contributed by atoms with van der Waals surface area (Å²) in [6, 6.07) is 5.04. The molecule has 0 aliphatic rings. The summed E-state index contributed by atoms with van der Waals surface area (Å²) in [5, 5.41) is 5.71. The molecule has 0 aromatic heterocycles. The molecule has 0 saturated heterocycles. The van der Waals surface area contributed by atoms with Gasteiger partial charge in [0.05, 0.1) is 12.3 Å². The maximum absolute atomic E-state index is 12.0. The molecule has 0 aliphatic heterocycles. The summed E-state index contributed by atoms with van der Waals surface area (Å²) in [5.74, 6) is 0.314. The predicted molar refractivity (Wildman–Crippen MR) is 82.8 cm³/mol. The van der Waals surface area contributed by atoms with Gasteiger partial charge in [-0.25, -0.2) is 0 Å². The van der Waals surface area contributed by atoms with Crippen molar-refractivity contribution in [1.29, 1.82) is 0 Å². The molecule has 0 bridgehead atoms. The second-order valence-electron chi connectivity index (χ2n) is 4.75. The Morgan fingerprint density at radius 2 is 2.00 bits per heavy atom. The highest BCUT2D eigenvalue weighted by Crippen LogP contribution is 2.26. The van der Waals surface area contributed by atoms with Crippen LogP contribution in [0, 0.1) is 0 Å². The van der Waals surface area contributed by atoms with Crippen LogP contribution in [0.4, 0.5) is 5.69 Å². The van der Waals surface area contributed by atoms with Crippen LogP contribution in [0.25, 0.3) is 0 Å². The molecule has 116 valence electrons. The number of ether oxygens (including phenoxy) is 1. The highest BCUT2D eigenvalue weighted by Gasteiger charge is 2.13. The number of nitrogens with zero attached hydrogens (tertiary/aromatic N) is 1. The van der Waals surface area contributed by atoms with Gasteiger partial charge in [0.2, 0.25) is 5.91 Å². The van der Waals surface area contributed by atoms with Gasteiger partial charge in [-0.1, -0.05) is 0 Å². The third-order valence-electron chi connectivity index (χ3n) is 2.81. The smallest absolute Gasteiger partial charge is 0.253 e. The first-order valence-electron chi connectivity index (χ1n) is 6.92. The molecule has 0 heterocycles. The number of carbonyl (C=O) groups is 2. The molecule has 0 spiro atoms. The Bertz CT molecular complexity index is 501. The number of hydrogen-bond acceptors (Lipinski definition) is 4. The van der Waals surface area contributed by atoms with E-state index in [0.29, 0.717) is 36.6 Å². The molecule has 6 nitrogen and oxygen atoms in total. The van der Waals surface area contributed by atoms with Crippen LogP contribution in [-0.2, 0) is 4.79 Å². The summed E-state index contributed by atoms with van der Waals surface area (Å²) in [7, 11) is 5.16. The fraction of sp³-hybridized carbons (Fsp3) is 0.467. The van der Waals surface area contributed by atoms with Crippen molar-refractivity contribution in [3.63, 3.8) is 0 Å². The van der Waals surface area contributed by atoms with Crippen LogP contribution >= 0.6 is 0 Å². The van der Waals surface area contributed by atoms with Crippen LogP contribution < -0.4 is 15.4 Å². The minimum atomic E-state index is -0.125. The van der Waals surface area contributed by atoms with Gasteiger partial charge < -0.3 is 20.3 Å². The van der Waals surface area contributed by atoms with Crippen molar-refractivity contribution in [2.75, 3.05) is 39.6 Å². The lowest BCUT2D eigenvalue weighted by atomic mass is 10.1. The Morgan fingerprint density at radius 1 is 1.29 bits per heavy atom. The van der Waals surface area contributed by atoms with E-state index in [-0.39, 0.29) is 11.8 Å². The van der Waals surface area contributed by atoms with E-state index in [1.54, 1.807) is 39.3 Å². The monoisotopic (exact) mass is 293 g/mol. The zero-order valence-electron chi connectivity index (χ0n) is 13.0. The van der Waals surface area contributed by atoms with Crippen LogP contribution in [0.15, 0.2) is 18.2 Å². The molecule has 0 radical (unpaired) electrons. The van der Waals surface area contributed by atoms with E-state index in [9.17, 15) is 9.59 Å².